The molecule has 0 bridgehead atoms. The van der Waals surface area contributed by atoms with Crippen LogP contribution in [0.1, 0.15) is 25.0 Å². The zero-order valence-corrected chi connectivity index (χ0v) is 14.3. The molecule has 0 fully saturated rings. The molecular weight excluding hydrogens is 303 g/mol. The van der Waals surface area contributed by atoms with Gasteiger partial charge < -0.3 is 10.2 Å². The minimum atomic E-state index is -0.291. The molecule has 3 nitrogen and oxygen atoms in total. The highest BCUT2D eigenvalue weighted by atomic mass is 19.1. The van der Waals surface area contributed by atoms with E-state index in [1.54, 1.807) is 18.2 Å². The molecule has 0 aliphatic heterocycles. The van der Waals surface area contributed by atoms with E-state index in [9.17, 15) is 9.18 Å². The zero-order chi connectivity index (χ0) is 17.5. The zero-order valence-electron chi connectivity index (χ0n) is 14.3. The van der Waals surface area contributed by atoms with Crippen molar-refractivity contribution in [1.82, 2.24) is 0 Å². The predicted molar refractivity (Wildman–Crippen MR) is 98.8 cm³/mol. The van der Waals surface area contributed by atoms with Crippen molar-refractivity contribution in [3.63, 3.8) is 0 Å². The van der Waals surface area contributed by atoms with Crippen LogP contribution in [0.2, 0.25) is 0 Å². The highest BCUT2D eigenvalue weighted by molar-refractivity contribution is 6.02. The first-order valence-electron chi connectivity index (χ1n) is 8.13. The fourth-order valence-corrected chi connectivity index (χ4v) is 2.49. The number of anilines is 2. The van der Waals surface area contributed by atoms with Gasteiger partial charge >= 0.3 is 0 Å². The van der Waals surface area contributed by atoms with Gasteiger partial charge in [0, 0.05) is 30.5 Å². The van der Waals surface area contributed by atoms with E-state index in [2.05, 4.69) is 30.1 Å². The van der Waals surface area contributed by atoms with Crippen LogP contribution in [0.3, 0.4) is 0 Å². The summed E-state index contributed by atoms with van der Waals surface area (Å²) in [6, 6.07) is 12.0. The number of amides is 1. The third kappa shape index (κ3) is 4.69. The van der Waals surface area contributed by atoms with E-state index in [1.807, 2.05) is 19.1 Å². The number of benzene rings is 2. The van der Waals surface area contributed by atoms with Crippen molar-refractivity contribution >= 4 is 23.4 Å². The van der Waals surface area contributed by atoms with Gasteiger partial charge in [-0.15, -0.1) is 0 Å². The summed E-state index contributed by atoms with van der Waals surface area (Å²) < 4.78 is 12.9. The first kappa shape index (κ1) is 17.7. The fraction of sp³-hybridized carbons (Fsp3) is 0.250. The molecule has 0 aromatic heterocycles. The molecule has 2 aromatic rings. The highest BCUT2D eigenvalue weighted by Crippen LogP contribution is 2.22. The number of hydrogen-bond acceptors (Lipinski definition) is 2. The molecule has 1 N–H and O–H groups in total. The third-order valence-corrected chi connectivity index (χ3v) is 3.89. The Morgan fingerprint density at radius 1 is 1.12 bits per heavy atom. The summed E-state index contributed by atoms with van der Waals surface area (Å²) in [4.78, 5) is 14.3. The summed E-state index contributed by atoms with van der Waals surface area (Å²) >= 11 is 0. The Hall–Kier alpha value is -2.62. The number of nitrogens with one attached hydrogen (secondary N) is 1. The number of halogens is 1. The van der Waals surface area contributed by atoms with Crippen LogP contribution in [-0.2, 0) is 4.79 Å². The van der Waals surface area contributed by atoms with Gasteiger partial charge in [-0.1, -0.05) is 12.1 Å². The van der Waals surface area contributed by atoms with Crippen LogP contribution >= 0.6 is 0 Å². The van der Waals surface area contributed by atoms with Gasteiger partial charge in [-0.3, -0.25) is 4.79 Å². The van der Waals surface area contributed by atoms with Crippen LogP contribution in [0.25, 0.3) is 6.08 Å². The predicted octanol–water partition coefficient (Wildman–Crippen LogP) is 4.63. The van der Waals surface area contributed by atoms with Gasteiger partial charge in [0.05, 0.1) is 0 Å². The van der Waals surface area contributed by atoms with Crippen molar-refractivity contribution in [1.29, 1.82) is 0 Å². The lowest BCUT2D eigenvalue weighted by Crippen LogP contribution is -2.22. The SMILES string of the molecule is CCN(CC)c1ccc(NC(=O)/C=C/c2ccc(F)cc2)c(C)c1. The Labute approximate surface area is 142 Å². The van der Waals surface area contributed by atoms with Crippen LogP contribution in [0.15, 0.2) is 48.5 Å². The number of carbonyl (C=O) groups excluding carboxylic acids is 1. The molecule has 0 heterocycles. The van der Waals surface area contributed by atoms with Crippen molar-refractivity contribution in [3.8, 4) is 0 Å². The van der Waals surface area contributed by atoms with E-state index in [1.165, 1.54) is 18.2 Å². The van der Waals surface area contributed by atoms with Crippen LogP contribution in [0, 0.1) is 12.7 Å². The average molecular weight is 326 g/mol. The third-order valence-electron chi connectivity index (χ3n) is 3.89. The molecular formula is C20H23FN2O. The molecule has 2 rings (SSSR count). The Morgan fingerprint density at radius 2 is 1.79 bits per heavy atom. The Bertz CT molecular complexity index is 719. The van der Waals surface area contributed by atoms with Crippen molar-refractivity contribution in [2.24, 2.45) is 0 Å². The average Bonchev–Trinajstić information content (AvgIpc) is 2.58. The van der Waals surface area contributed by atoms with Gasteiger partial charge in [-0.25, -0.2) is 4.39 Å². The first-order chi connectivity index (χ1) is 11.5. The summed E-state index contributed by atoms with van der Waals surface area (Å²) in [5.41, 5.74) is 3.74. The largest absolute Gasteiger partial charge is 0.372 e. The van der Waals surface area contributed by atoms with Crippen molar-refractivity contribution in [3.05, 3.63) is 65.5 Å². The number of rotatable bonds is 6. The minimum Gasteiger partial charge on any atom is -0.372 e. The van der Waals surface area contributed by atoms with Gasteiger partial charge in [0.25, 0.3) is 0 Å². The van der Waals surface area contributed by atoms with Gasteiger partial charge in [0.1, 0.15) is 5.82 Å². The van der Waals surface area contributed by atoms with Crippen LogP contribution < -0.4 is 10.2 Å². The topological polar surface area (TPSA) is 32.3 Å². The molecule has 4 heteroatoms. The lowest BCUT2D eigenvalue weighted by atomic mass is 10.1. The monoisotopic (exact) mass is 326 g/mol. The smallest absolute Gasteiger partial charge is 0.248 e. The van der Waals surface area contributed by atoms with Gasteiger partial charge in [0.2, 0.25) is 5.91 Å². The molecule has 24 heavy (non-hydrogen) atoms. The summed E-state index contributed by atoms with van der Waals surface area (Å²) in [6.45, 7) is 8.11. The van der Waals surface area contributed by atoms with E-state index >= 15 is 0 Å². The summed E-state index contributed by atoms with van der Waals surface area (Å²) in [7, 11) is 0. The van der Waals surface area contributed by atoms with Gasteiger partial charge in [0.15, 0.2) is 0 Å². The molecule has 0 aliphatic carbocycles. The second-order valence-electron chi connectivity index (χ2n) is 5.55. The highest BCUT2D eigenvalue weighted by Gasteiger charge is 2.06. The van der Waals surface area contributed by atoms with Crippen molar-refractivity contribution < 1.29 is 9.18 Å². The molecule has 0 atom stereocenters. The van der Waals surface area contributed by atoms with Gasteiger partial charge in [-0.05, 0) is 68.3 Å². The van der Waals surface area contributed by atoms with Crippen LogP contribution in [0.4, 0.5) is 15.8 Å². The van der Waals surface area contributed by atoms with E-state index in [-0.39, 0.29) is 11.7 Å². The maximum Gasteiger partial charge on any atom is 0.248 e. The summed E-state index contributed by atoms with van der Waals surface area (Å²) in [5, 5.41) is 2.88. The molecule has 126 valence electrons. The van der Waals surface area contributed by atoms with Crippen LogP contribution in [-0.4, -0.2) is 19.0 Å². The second kappa shape index (κ2) is 8.29. The minimum absolute atomic E-state index is 0.210. The summed E-state index contributed by atoms with van der Waals surface area (Å²) in [6.07, 6.45) is 3.11. The molecule has 0 unspecified atom stereocenters. The van der Waals surface area contributed by atoms with Crippen LogP contribution in [0.5, 0.6) is 0 Å². The lowest BCUT2D eigenvalue weighted by Gasteiger charge is -2.22. The number of aryl methyl sites for hydroxylation is 1. The quantitative estimate of drug-likeness (QED) is 0.785. The molecule has 0 radical (unpaired) electrons. The number of carbonyl (C=O) groups is 1. The number of hydrogen-bond donors (Lipinski definition) is 1. The maximum absolute atomic E-state index is 12.9. The van der Waals surface area contributed by atoms with E-state index in [0.29, 0.717) is 0 Å². The molecule has 0 saturated carbocycles. The summed E-state index contributed by atoms with van der Waals surface area (Å²) in [5.74, 6) is -0.501. The maximum atomic E-state index is 12.9. The molecule has 0 aliphatic rings. The molecule has 0 spiro atoms. The van der Waals surface area contributed by atoms with Gasteiger partial charge in [-0.2, -0.15) is 0 Å². The van der Waals surface area contributed by atoms with Crippen molar-refractivity contribution in [2.75, 3.05) is 23.3 Å². The fourth-order valence-electron chi connectivity index (χ4n) is 2.49. The molecule has 0 saturated heterocycles. The Morgan fingerprint density at radius 3 is 2.38 bits per heavy atom. The normalized spacial score (nSPS) is 10.8. The first-order valence-corrected chi connectivity index (χ1v) is 8.13. The molecule has 2 aromatic carbocycles. The van der Waals surface area contributed by atoms with E-state index in [0.717, 1.165) is 35.6 Å². The number of nitrogens with zero attached hydrogens (tertiary/aromatic N) is 1. The Balaban J connectivity index is 2.04. The van der Waals surface area contributed by atoms with E-state index in [4.69, 9.17) is 0 Å². The standard InChI is InChI=1S/C20H23FN2O/c1-4-23(5-2)18-11-12-19(15(3)14-18)22-20(24)13-8-16-6-9-17(21)10-7-16/h6-14H,4-5H2,1-3H3,(H,22,24)/b13-8+. The van der Waals surface area contributed by atoms with Crippen molar-refractivity contribution in [2.45, 2.75) is 20.8 Å². The van der Waals surface area contributed by atoms with E-state index < -0.39 is 0 Å². The Kier molecular flexibility index (Phi) is 6.13. The molecule has 1 amide bonds. The second-order valence-corrected chi connectivity index (χ2v) is 5.55. The lowest BCUT2D eigenvalue weighted by molar-refractivity contribution is -0.111.